The predicted octanol–water partition coefficient (Wildman–Crippen LogP) is 5.54. The minimum atomic E-state index is 0. The summed E-state index contributed by atoms with van der Waals surface area (Å²) in [6.07, 6.45) is 0. The number of fused-ring (bicyclic) bond motifs is 4. The Kier molecular flexibility index (Phi) is 3.00. The molecular weight excluding hydrogens is 327 g/mol. The van der Waals surface area contributed by atoms with Gasteiger partial charge in [0.25, 0.3) is 0 Å². The Morgan fingerprint density at radius 3 is 2.07 bits per heavy atom. The van der Waals surface area contributed by atoms with Gasteiger partial charge >= 0.3 is 6.98 Å². The molecule has 3 heteroatoms. The third kappa shape index (κ3) is 2.03. The van der Waals surface area contributed by atoms with Gasteiger partial charge in [0.1, 0.15) is 0 Å². The number of para-hydroxylation sites is 3. The summed E-state index contributed by atoms with van der Waals surface area (Å²) in [4.78, 5) is 2.43. The molecule has 0 bridgehead atoms. The SMILES string of the molecule is [HH].c1ccc(N2B3Nc4ccccc4-c4cccc(c43)-c3ccccc32)cc1. The van der Waals surface area contributed by atoms with Crippen LogP contribution < -0.4 is 15.5 Å². The largest absolute Gasteiger partial charge is 0.414 e. The fourth-order valence-corrected chi connectivity index (χ4v) is 4.51. The molecular formula is C24H19BN2. The predicted molar refractivity (Wildman–Crippen MR) is 117 cm³/mol. The van der Waals surface area contributed by atoms with Gasteiger partial charge < -0.3 is 10.0 Å². The maximum Gasteiger partial charge on any atom is 0.414 e. The van der Waals surface area contributed by atoms with E-state index in [0.717, 1.165) is 0 Å². The van der Waals surface area contributed by atoms with Crippen molar-refractivity contribution in [1.82, 2.24) is 0 Å². The molecule has 6 rings (SSSR count). The van der Waals surface area contributed by atoms with Crippen LogP contribution in [0.15, 0.2) is 97.1 Å². The Morgan fingerprint density at radius 1 is 0.593 bits per heavy atom. The molecule has 2 heterocycles. The van der Waals surface area contributed by atoms with Gasteiger partial charge in [-0.1, -0.05) is 72.8 Å². The molecule has 0 aliphatic carbocycles. The van der Waals surface area contributed by atoms with Crippen LogP contribution in [-0.2, 0) is 0 Å². The van der Waals surface area contributed by atoms with Crippen LogP contribution in [0.3, 0.4) is 0 Å². The molecule has 2 nitrogen and oxygen atoms in total. The zero-order chi connectivity index (χ0) is 17.8. The summed E-state index contributed by atoms with van der Waals surface area (Å²) in [6, 6.07) is 34.7. The zero-order valence-corrected chi connectivity index (χ0v) is 14.8. The standard InChI is InChI=1S/C24H17BN2.H2/c1-2-9-17(10-3-1)27-23-16-7-5-12-19(23)21-14-8-13-20-18-11-4-6-15-22(18)26-25(27)24(20)21;/h1-16,26H;1H. The molecule has 0 aromatic heterocycles. The van der Waals surface area contributed by atoms with Crippen molar-refractivity contribution in [3.63, 3.8) is 0 Å². The highest BCUT2D eigenvalue weighted by atomic mass is 15.2. The molecule has 0 saturated heterocycles. The Labute approximate surface area is 160 Å². The van der Waals surface area contributed by atoms with Crippen molar-refractivity contribution in [2.45, 2.75) is 0 Å². The molecule has 2 aliphatic heterocycles. The first-order valence-electron chi connectivity index (χ1n) is 9.34. The fraction of sp³-hybridized carbons (Fsp3) is 0. The molecule has 0 atom stereocenters. The summed E-state index contributed by atoms with van der Waals surface area (Å²) in [5, 5.41) is 3.81. The first-order chi connectivity index (χ1) is 13.4. The highest BCUT2D eigenvalue weighted by molar-refractivity contribution is 6.84. The van der Waals surface area contributed by atoms with Crippen LogP contribution in [0.1, 0.15) is 1.43 Å². The average molecular weight is 346 g/mol. The normalized spacial score (nSPS) is 13.3. The molecule has 2 aliphatic rings. The highest BCUT2D eigenvalue weighted by Gasteiger charge is 2.41. The Hall–Kier alpha value is -3.46. The van der Waals surface area contributed by atoms with Crippen molar-refractivity contribution >= 4 is 29.5 Å². The molecule has 1 N–H and O–H groups in total. The molecule has 27 heavy (non-hydrogen) atoms. The van der Waals surface area contributed by atoms with Gasteiger partial charge in [-0.2, -0.15) is 0 Å². The molecule has 0 spiro atoms. The van der Waals surface area contributed by atoms with E-state index in [0.29, 0.717) is 0 Å². The molecule has 0 amide bonds. The second kappa shape index (κ2) is 5.52. The van der Waals surface area contributed by atoms with E-state index in [2.05, 4.69) is 107 Å². The number of nitrogens with one attached hydrogen (secondary N) is 1. The summed E-state index contributed by atoms with van der Waals surface area (Å²) >= 11 is 0. The topological polar surface area (TPSA) is 15.3 Å². The van der Waals surface area contributed by atoms with Gasteiger partial charge in [-0.15, -0.1) is 0 Å². The maximum atomic E-state index is 3.81. The van der Waals surface area contributed by atoms with E-state index in [4.69, 9.17) is 0 Å². The van der Waals surface area contributed by atoms with Gasteiger partial charge in [-0.05, 0) is 40.9 Å². The van der Waals surface area contributed by atoms with Crippen LogP contribution in [0.4, 0.5) is 17.1 Å². The van der Waals surface area contributed by atoms with E-state index in [9.17, 15) is 0 Å². The van der Waals surface area contributed by atoms with Crippen LogP contribution in [0.5, 0.6) is 0 Å². The molecule has 4 aromatic rings. The number of hydrogen-bond acceptors (Lipinski definition) is 2. The maximum absolute atomic E-state index is 3.81. The van der Waals surface area contributed by atoms with E-state index in [1.165, 1.54) is 44.8 Å². The van der Waals surface area contributed by atoms with E-state index in [-0.39, 0.29) is 8.41 Å². The van der Waals surface area contributed by atoms with Gasteiger partial charge in [-0.3, -0.25) is 0 Å². The second-order valence-electron chi connectivity index (χ2n) is 7.08. The van der Waals surface area contributed by atoms with Crippen molar-refractivity contribution in [1.29, 1.82) is 0 Å². The van der Waals surface area contributed by atoms with Crippen molar-refractivity contribution < 1.29 is 1.43 Å². The minimum absolute atomic E-state index is 0. The van der Waals surface area contributed by atoms with Crippen molar-refractivity contribution in [3.05, 3.63) is 97.1 Å². The van der Waals surface area contributed by atoms with Crippen LogP contribution in [0.25, 0.3) is 22.3 Å². The number of hydrogen-bond donors (Lipinski definition) is 1. The first-order valence-corrected chi connectivity index (χ1v) is 9.34. The molecule has 0 radical (unpaired) electrons. The lowest BCUT2D eigenvalue weighted by molar-refractivity contribution is 1.34. The van der Waals surface area contributed by atoms with E-state index in [1.807, 2.05) is 0 Å². The third-order valence-electron chi connectivity index (χ3n) is 5.64. The number of anilines is 3. The Morgan fingerprint density at radius 2 is 1.22 bits per heavy atom. The summed E-state index contributed by atoms with van der Waals surface area (Å²) < 4.78 is 0. The van der Waals surface area contributed by atoms with Gasteiger partial charge in [0, 0.05) is 29.6 Å². The summed E-state index contributed by atoms with van der Waals surface area (Å²) in [7, 11) is 0. The monoisotopic (exact) mass is 346 g/mol. The van der Waals surface area contributed by atoms with Crippen LogP contribution in [0, 0.1) is 0 Å². The molecule has 4 aromatic carbocycles. The van der Waals surface area contributed by atoms with E-state index < -0.39 is 0 Å². The number of benzene rings is 4. The Bertz CT molecular complexity index is 1160. The lowest BCUT2D eigenvalue weighted by atomic mass is 9.55. The second-order valence-corrected chi connectivity index (χ2v) is 7.08. The lowest BCUT2D eigenvalue weighted by Crippen LogP contribution is -2.57. The number of nitrogens with zero attached hydrogens (tertiary/aromatic N) is 1. The Balaban J connectivity index is 0.00000171. The summed E-state index contributed by atoms with van der Waals surface area (Å²) in [6.45, 7) is 0.0726. The fourth-order valence-electron chi connectivity index (χ4n) is 4.51. The van der Waals surface area contributed by atoms with Crippen LogP contribution >= 0.6 is 0 Å². The summed E-state index contributed by atoms with van der Waals surface area (Å²) in [5.74, 6) is 0. The zero-order valence-electron chi connectivity index (χ0n) is 14.8. The number of rotatable bonds is 1. The van der Waals surface area contributed by atoms with Crippen molar-refractivity contribution in [2.75, 3.05) is 10.0 Å². The molecule has 128 valence electrons. The summed E-state index contributed by atoms with van der Waals surface area (Å²) in [5.41, 5.74) is 10.2. The minimum Gasteiger partial charge on any atom is -0.405 e. The van der Waals surface area contributed by atoms with Crippen LogP contribution in [0.2, 0.25) is 0 Å². The van der Waals surface area contributed by atoms with E-state index in [1.54, 1.807) is 0 Å². The van der Waals surface area contributed by atoms with Gasteiger partial charge in [0.15, 0.2) is 0 Å². The van der Waals surface area contributed by atoms with Crippen molar-refractivity contribution in [2.24, 2.45) is 0 Å². The van der Waals surface area contributed by atoms with E-state index >= 15 is 0 Å². The van der Waals surface area contributed by atoms with Gasteiger partial charge in [-0.25, -0.2) is 0 Å². The first kappa shape index (κ1) is 14.7. The molecule has 0 saturated carbocycles. The average Bonchev–Trinajstić information content (AvgIpc) is 2.75. The van der Waals surface area contributed by atoms with Gasteiger partial charge in [0.2, 0.25) is 0 Å². The molecule has 0 unspecified atom stereocenters. The quantitative estimate of drug-likeness (QED) is 0.455. The third-order valence-corrected chi connectivity index (χ3v) is 5.64. The molecule has 0 fully saturated rings. The van der Waals surface area contributed by atoms with Crippen LogP contribution in [-0.4, -0.2) is 6.98 Å². The van der Waals surface area contributed by atoms with Gasteiger partial charge in [0.05, 0.1) is 0 Å². The lowest BCUT2D eigenvalue weighted by Gasteiger charge is -2.42. The van der Waals surface area contributed by atoms with Crippen molar-refractivity contribution in [3.8, 4) is 22.3 Å². The highest BCUT2D eigenvalue weighted by Crippen LogP contribution is 2.44. The smallest absolute Gasteiger partial charge is 0.405 e.